The van der Waals surface area contributed by atoms with E-state index in [1.54, 1.807) is 0 Å². The summed E-state index contributed by atoms with van der Waals surface area (Å²) < 4.78 is 35.5. The molecule has 0 radical (unpaired) electrons. The van der Waals surface area contributed by atoms with Gasteiger partial charge in [0, 0.05) is 11.8 Å². The predicted octanol–water partition coefficient (Wildman–Crippen LogP) is 1.57. The van der Waals surface area contributed by atoms with Gasteiger partial charge >= 0.3 is 5.92 Å². The van der Waals surface area contributed by atoms with Crippen LogP contribution in [0.1, 0.15) is 6.23 Å². The zero-order chi connectivity index (χ0) is 18.5. The van der Waals surface area contributed by atoms with Gasteiger partial charge in [-0.25, -0.2) is 9.97 Å². The van der Waals surface area contributed by atoms with Crippen LogP contribution in [0.15, 0.2) is 42.9 Å². The zero-order valence-corrected chi connectivity index (χ0v) is 13.5. The van der Waals surface area contributed by atoms with Crippen LogP contribution in [0.25, 0.3) is 22.2 Å². The lowest BCUT2D eigenvalue weighted by Gasteiger charge is -2.21. The molecule has 0 saturated carbocycles. The molecule has 1 saturated heterocycles. The molecule has 26 heavy (non-hydrogen) atoms. The first-order chi connectivity index (χ1) is 12.4. The fourth-order valence-electron chi connectivity index (χ4n) is 3.24. The number of rotatable bonds is 3. The highest BCUT2D eigenvalue weighted by molar-refractivity contribution is 6.00. The SMILES string of the molecule is Nc1ncnc2c1c(-c1ccccc1)cn2[C@H]1O[C@H](CO)[C@@H](O)C1(F)F. The van der Waals surface area contributed by atoms with E-state index in [0.717, 1.165) is 10.1 Å². The molecular weight excluding hydrogens is 346 g/mol. The number of hydrogen-bond acceptors (Lipinski definition) is 6. The second kappa shape index (κ2) is 5.97. The normalized spacial score (nSPS) is 25.0. The van der Waals surface area contributed by atoms with Gasteiger partial charge in [-0.1, -0.05) is 30.3 Å². The largest absolute Gasteiger partial charge is 0.394 e. The molecule has 0 bridgehead atoms. The highest BCUT2D eigenvalue weighted by Crippen LogP contribution is 2.45. The Morgan fingerprint density at radius 2 is 1.96 bits per heavy atom. The van der Waals surface area contributed by atoms with Crippen LogP contribution in [0.2, 0.25) is 0 Å². The standard InChI is InChI=1S/C17H16F2N4O3/c18-17(19)13(25)11(7-24)26-16(17)23-6-10(9-4-2-1-3-5-9)12-14(20)21-8-22-15(12)23/h1-6,8,11,13,16,24-25H,7H2,(H2,20,21,22)/t11-,13-,16+/m1/s1. The summed E-state index contributed by atoms with van der Waals surface area (Å²) in [5, 5.41) is 19.4. The highest BCUT2D eigenvalue weighted by atomic mass is 19.3. The van der Waals surface area contributed by atoms with Crippen molar-refractivity contribution >= 4 is 16.9 Å². The van der Waals surface area contributed by atoms with Crippen molar-refractivity contribution in [1.82, 2.24) is 14.5 Å². The number of anilines is 1. The number of fused-ring (bicyclic) bond motifs is 1. The Bertz CT molecular complexity index is 948. The molecule has 4 rings (SSSR count). The number of ether oxygens (including phenoxy) is 1. The molecule has 0 spiro atoms. The third-order valence-corrected chi connectivity index (χ3v) is 4.54. The first kappa shape index (κ1) is 16.8. The summed E-state index contributed by atoms with van der Waals surface area (Å²) in [5.74, 6) is -3.47. The van der Waals surface area contributed by atoms with Crippen molar-refractivity contribution in [3.8, 4) is 11.1 Å². The molecular formula is C17H16F2N4O3. The van der Waals surface area contributed by atoms with Crippen molar-refractivity contribution in [2.24, 2.45) is 0 Å². The molecule has 1 aliphatic heterocycles. The van der Waals surface area contributed by atoms with E-state index in [9.17, 15) is 19.0 Å². The lowest BCUT2D eigenvalue weighted by atomic mass is 10.1. The minimum absolute atomic E-state index is 0.146. The maximum Gasteiger partial charge on any atom is 0.320 e. The number of aliphatic hydroxyl groups excluding tert-OH is 2. The van der Waals surface area contributed by atoms with E-state index in [2.05, 4.69) is 9.97 Å². The maximum absolute atomic E-state index is 14.6. The van der Waals surface area contributed by atoms with Gasteiger partial charge in [0.2, 0.25) is 6.23 Å². The van der Waals surface area contributed by atoms with E-state index in [0.29, 0.717) is 10.9 Å². The predicted molar refractivity (Wildman–Crippen MR) is 89.3 cm³/mol. The number of nitrogen functional groups attached to an aromatic ring is 1. The van der Waals surface area contributed by atoms with Gasteiger partial charge < -0.3 is 20.7 Å². The molecule has 3 aromatic rings. The van der Waals surface area contributed by atoms with Crippen LogP contribution in [-0.4, -0.2) is 49.5 Å². The lowest BCUT2D eigenvalue weighted by molar-refractivity contribution is -0.137. The summed E-state index contributed by atoms with van der Waals surface area (Å²) >= 11 is 0. The van der Waals surface area contributed by atoms with Crippen LogP contribution in [0.5, 0.6) is 0 Å². The number of benzene rings is 1. The van der Waals surface area contributed by atoms with E-state index >= 15 is 0 Å². The van der Waals surface area contributed by atoms with E-state index in [1.165, 1.54) is 12.5 Å². The number of hydrogen-bond donors (Lipinski definition) is 3. The second-order valence-corrected chi connectivity index (χ2v) is 6.10. The van der Waals surface area contributed by atoms with Gasteiger partial charge in [0.25, 0.3) is 0 Å². The van der Waals surface area contributed by atoms with Crippen molar-refractivity contribution in [3.63, 3.8) is 0 Å². The van der Waals surface area contributed by atoms with Crippen LogP contribution >= 0.6 is 0 Å². The molecule has 0 amide bonds. The van der Waals surface area contributed by atoms with Gasteiger partial charge in [0.1, 0.15) is 23.9 Å². The third kappa shape index (κ3) is 2.36. The van der Waals surface area contributed by atoms with Gasteiger partial charge in [0.05, 0.1) is 12.0 Å². The molecule has 136 valence electrons. The van der Waals surface area contributed by atoms with Crippen molar-refractivity contribution in [2.75, 3.05) is 12.3 Å². The molecule has 1 aromatic carbocycles. The summed E-state index contributed by atoms with van der Waals surface area (Å²) in [6.45, 7) is -0.727. The average molecular weight is 362 g/mol. The fourth-order valence-corrected chi connectivity index (χ4v) is 3.24. The minimum Gasteiger partial charge on any atom is -0.394 e. The van der Waals surface area contributed by atoms with Crippen LogP contribution in [0, 0.1) is 0 Å². The molecule has 0 aliphatic carbocycles. The Morgan fingerprint density at radius 1 is 1.23 bits per heavy atom. The van der Waals surface area contributed by atoms with E-state index < -0.39 is 31.0 Å². The third-order valence-electron chi connectivity index (χ3n) is 4.54. The second-order valence-electron chi connectivity index (χ2n) is 6.10. The summed E-state index contributed by atoms with van der Waals surface area (Å²) in [6, 6.07) is 9.07. The molecule has 1 fully saturated rings. The Balaban J connectivity index is 1.94. The molecule has 2 aromatic heterocycles. The quantitative estimate of drug-likeness (QED) is 0.653. The number of halogens is 2. The summed E-state index contributed by atoms with van der Waals surface area (Å²) in [7, 11) is 0. The number of aliphatic hydroxyl groups is 2. The van der Waals surface area contributed by atoms with Gasteiger partial charge in [-0.3, -0.25) is 4.57 Å². The van der Waals surface area contributed by atoms with Crippen molar-refractivity contribution in [3.05, 3.63) is 42.9 Å². The highest BCUT2D eigenvalue weighted by Gasteiger charge is 2.59. The van der Waals surface area contributed by atoms with Crippen LogP contribution in [0.3, 0.4) is 0 Å². The van der Waals surface area contributed by atoms with E-state index in [-0.39, 0.29) is 11.5 Å². The Hall–Kier alpha value is -2.62. The van der Waals surface area contributed by atoms with Crippen LogP contribution in [-0.2, 0) is 4.74 Å². The minimum atomic E-state index is -3.62. The molecule has 3 atom stereocenters. The molecule has 7 nitrogen and oxygen atoms in total. The monoisotopic (exact) mass is 362 g/mol. The Morgan fingerprint density at radius 3 is 2.62 bits per heavy atom. The van der Waals surface area contributed by atoms with Gasteiger partial charge in [0.15, 0.2) is 6.10 Å². The fraction of sp³-hybridized carbons (Fsp3) is 0.294. The van der Waals surface area contributed by atoms with Gasteiger partial charge in [-0.2, -0.15) is 8.78 Å². The number of aromatic nitrogens is 3. The summed E-state index contributed by atoms with van der Waals surface area (Å²) in [5.41, 5.74) is 7.45. The van der Waals surface area contributed by atoms with Gasteiger partial charge in [-0.15, -0.1) is 0 Å². The molecule has 3 heterocycles. The lowest BCUT2D eigenvalue weighted by Crippen LogP contribution is -2.39. The van der Waals surface area contributed by atoms with E-state index in [1.807, 2.05) is 30.3 Å². The zero-order valence-electron chi connectivity index (χ0n) is 13.5. The topological polar surface area (TPSA) is 106 Å². The Labute approximate surface area is 146 Å². The van der Waals surface area contributed by atoms with Gasteiger partial charge in [-0.05, 0) is 5.56 Å². The molecule has 9 heteroatoms. The van der Waals surface area contributed by atoms with Crippen molar-refractivity contribution in [2.45, 2.75) is 24.4 Å². The number of alkyl halides is 2. The first-order valence-corrected chi connectivity index (χ1v) is 7.93. The molecule has 4 N–H and O–H groups in total. The van der Waals surface area contributed by atoms with Crippen LogP contribution in [0.4, 0.5) is 14.6 Å². The molecule has 0 unspecified atom stereocenters. The number of nitrogens with two attached hydrogens (primary N) is 1. The maximum atomic E-state index is 14.6. The van der Waals surface area contributed by atoms with Crippen LogP contribution < -0.4 is 5.73 Å². The number of nitrogens with zero attached hydrogens (tertiary/aromatic N) is 3. The van der Waals surface area contributed by atoms with Crippen molar-refractivity contribution in [1.29, 1.82) is 0 Å². The molecule has 1 aliphatic rings. The smallest absolute Gasteiger partial charge is 0.320 e. The summed E-state index contributed by atoms with van der Waals surface area (Å²) in [6.07, 6.45) is -2.73. The first-order valence-electron chi connectivity index (χ1n) is 7.93. The Kier molecular flexibility index (Phi) is 3.87. The average Bonchev–Trinajstić information content (AvgIpc) is 3.13. The summed E-state index contributed by atoms with van der Waals surface area (Å²) in [4.78, 5) is 8.04. The van der Waals surface area contributed by atoms with Crippen molar-refractivity contribution < 1.29 is 23.7 Å². The van der Waals surface area contributed by atoms with E-state index in [4.69, 9.17) is 10.5 Å².